The fourth-order valence-electron chi connectivity index (χ4n) is 3.72. The second-order valence-electron chi connectivity index (χ2n) is 6.90. The van der Waals surface area contributed by atoms with Crippen LogP contribution in [0.25, 0.3) is 33.5 Å². The molecule has 0 saturated heterocycles. The molecule has 8 heteroatoms. The Balaban J connectivity index is 2.14. The largest absolute Gasteiger partial charge is 0.440 e. The van der Waals surface area contributed by atoms with Crippen molar-refractivity contribution in [3.05, 3.63) is 97.7 Å². The van der Waals surface area contributed by atoms with Gasteiger partial charge in [0.1, 0.15) is 11.0 Å². The predicted octanol–water partition coefficient (Wildman–Crippen LogP) is 2.29. The van der Waals surface area contributed by atoms with Crippen LogP contribution in [0.3, 0.4) is 0 Å². The second-order valence-corrected chi connectivity index (χ2v) is 6.90. The minimum atomic E-state index is -0.588. The quantitative estimate of drug-likeness (QED) is 0.453. The Morgan fingerprint density at radius 2 is 1.37 bits per heavy atom. The highest BCUT2D eigenvalue weighted by atomic mass is 16.3. The van der Waals surface area contributed by atoms with Gasteiger partial charge in [0.25, 0.3) is 11.1 Å². The minimum absolute atomic E-state index is 0.0532. The summed E-state index contributed by atoms with van der Waals surface area (Å²) < 4.78 is 9.36. The number of hydrogen-bond acceptors (Lipinski definition) is 5. The van der Waals surface area contributed by atoms with Gasteiger partial charge in [0.15, 0.2) is 17.0 Å². The number of para-hydroxylation sites is 2. The zero-order valence-corrected chi connectivity index (χ0v) is 16.2. The number of oxazole rings is 1. The fourth-order valence-corrected chi connectivity index (χ4v) is 3.72. The molecule has 148 valence electrons. The van der Waals surface area contributed by atoms with Crippen LogP contribution in [0.2, 0.25) is 0 Å². The molecule has 5 rings (SSSR count). The van der Waals surface area contributed by atoms with E-state index in [9.17, 15) is 14.4 Å². The summed E-state index contributed by atoms with van der Waals surface area (Å²) in [5.74, 6) is 0.262. The molecule has 30 heavy (non-hydrogen) atoms. The number of nitrogens with zero attached hydrogens (tertiary/aromatic N) is 4. The first-order valence-corrected chi connectivity index (χ1v) is 9.28. The molecule has 8 nitrogen and oxygen atoms in total. The van der Waals surface area contributed by atoms with E-state index in [0.717, 1.165) is 4.57 Å². The van der Waals surface area contributed by atoms with Gasteiger partial charge in [-0.15, -0.1) is 0 Å². The Labute approximate surface area is 168 Å². The zero-order valence-electron chi connectivity index (χ0n) is 16.2. The summed E-state index contributed by atoms with van der Waals surface area (Å²) in [5.41, 5.74) is -0.407. The smallest absolute Gasteiger partial charge is 0.341 e. The van der Waals surface area contributed by atoms with Crippen LogP contribution in [0, 0.1) is 6.92 Å². The summed E-state index contributed by atoms with van der Waals surface area (Å²) in [6.45, 7) is 1.61. The van der Waals surface area contributed by atoms with Gasteiger partial charge in [0.05, 0.1) is 11.4 Å². The fraction of sp³-hybridized carbons (Fsp3) is 0.0909. The highest BCUT2D eigenvalue weighted by Crippen LogP contribution is 2.22. The van der Waals surface area contributed by atoms with Crippen molar-refractivity contribution in [2.45, 2.75) is 6.92 Å². The zero-order chi connectivity index (χ0) is 21.0. The maximum absolute atomic E-state index is 13.6. The standard InChI is InChI=1S/C22H16N4O4/c1-13-23-17-18(30-13)16-19(24(2)21(17)28)25(14-9-5-3-6-10-14)22(29)26(20(16)27)15-11-7-4-8-12-15/h3-12H,1-2H3. The molecule has 0 aliphatic heterocycles. The van der Waals surface area contributed by atoms with Gasteiger partial charge in [-0.2, -0.15) is 0 Å². The van der Waals surface area contributed by atoms with E-state index in [1.807, 2.05) is 6.07 Å². The molecule has 0 aliphatic rings. The predicted molar refractivity (Wildman–Crippen MR) is 113 cm³/mol. The molecule has 0 bridgehead atoms. The van der Waals surface area contributed by atoms with Gasteiger partial charge in [-0.25, -0.2) is 18.9 Å². The number of rotatable bonds is 2. The van der Waals surface area contributed by atoms with Crippen molar-refractivity contribution >= 4 is 22.1 Å². The number of aromatic nitrogens is 4. The monoisotopic (exact) mass is 400 g/mol. The molecule has 0 unspecified atom stereocenters. The van der Waals surface area contributed by atoms with E-state index >= 15 is 0 Å². The highest BCUT2D eigenvalue weighted by Gasteiger charge is 2.24. The van der Waals surface area contributed by atoms with Crippen molar-refractivity contribution in [3.8, 4) is 11.4 Å². The Bertz CT molecular complexity index is 1610. The van der Waals surface area contributed by atoms with Crippen LogP contribution >= 0.6 is 0 Å². The van der Waals surface area contributed by atoms with Crippen molar-refractivity contribution in [3.63, 3.8) is 0 Å². The van der Waals surface area contributed by atoms with Gasteiger partial charge < -0.3 is 4.42 Å². The van der Waals surface area contributed by atoms with Gasteiger partial charge in [-0.05, 0) is 24.3 Å². The molecule has 3 aromatic heterocycles. The molecule has 0 amide bonds. The maximum atomic E-state index is 13.6. The average molecular weight is 400 g/mol. The first-order chi connectivity index (χ1) is 14.5. The lowest BCUT2D eigenvalue weighted by molar-refractivity contribution is 0.563. The summed E-state index contributed by atoms with van der Waals surface area (Å²) in [6, 6.07) is 17.5. The normalized spacial score (nSPS) is 11.4. The van der Waals surface area contributed by atoms with E-state index in [-0.39, 0.29) is 28.0 Å². The van der Waals surface area contributed by atoms with Crippen LogP contribution in [0.5, 0.6) is 0 Å². The molecule has 0 fully saturated rings. The molecule has 0 spiro atoms. The van der Waals surface area contributed by atoms with Gasteiger partial charge in [-0.1, -0.05) is 36.4 Å². The van der Waals surface area contributed by atoms with Gasteiger partial charge in [0, 0.05) is 14.0 Å². The number of aryl methyl sites for hydroxylation is 2. The van der Waals surface area contributed by atoms with Crippen LogP contribution in [0.4, 0.5) is 0 Å². The van der Waals surface area contributed by atoms with Crippen LogP contribution in [-0.2, 0) is 7.05 Å². The van der Waals surface area contributed by atoms with Crippen LogP contribution < -0.4 is 16.8 Å². The van der Waals surface area contributed by atoms with E-state index in [1.165, 1.54) is 16.2 Å². The Hall–Kier alpha value is -4.20. The number of fused-ring (bicyclic) bond motifs is 3. The first kappa shape index (κ1) is 17.9. The molecule has 0 saturated carbocycles. The Kier molecular flexibility index (Phi) is 3.82. The third-order valence-corrected chi connectivity index (χ3v) is 5.05. The lowest BCUT2D eigenvalue weighted by Gasteiger charge is -2.16. The van der Waals surface area contributed by atoms with E-state index in [4.69, 9.17) is 4.42 Å². The third-order valence-electron chi connectivity index (χ3n) is 5.05. The van der Waals surface area contributed by atoms with Crippen molar-refractivity contribution in [2.75, 3.05) is 0 Å². The average Bonchev–Trinajstić information content (AvgIpc) is 3.14. The number of pyridine rings is 1. The molecule has 5 aromatic rings. The summed E-state index contributed by atoms with van der Waals surface area (Å²) in [7, 11) is 1.51. The Morgan fingerprint density at radius 1 is 0.800 bits per heavy atom. The van der Waals surface area contributed by atoms with Crippen LogP contribution in [0.15, 0.2) is 79.5 Å². The van der Waals surface area contributed by atoms with Gasteiger partial charge >= 0.3 is 5.69 Å². The second kappa shape index (κ2) is 6.41. The van der Waals surface area contributed by atoms with Crippen molar-refractivity contribution < 1.29 is 4.42 Å². The van der Waals surface area contributed by atoms with E-state index in [0.29, 0.717) is 11.4 Å². The summed E-state index contributed by atoms with van der Waals surface area (Å²) in [5, 5.41) is 0.111. The van der Waals surface area contributed by atoms with Crippen molar-refractivity contribution in [1.29, 1.82) is 0 Å². The van der Waals surface area contributed by atoms with Crippen LogP contribution in [0.1, 0.15) is 5.89 Å². The molecule has 3 heterocycles. The SMILES string of the molecule is Cc1nc2c(=O)n(C)c3c(c(=O)n(-c4ccccc4)c(=O)n3-c3ccccc3)c2o1. The molecule has 2 aromatic carbocycles. The minimum Gasteiger partial charge on any atom is -0.440 e. The molecule has 0 atom stereocenters. The van der Waals surface area contributed by atoms with E-state index < -0.39 is 16.8 Å². The van der Waals surface area contributed by atoms with Gasteiger partial charge in [0.2, 0.25) is 0 Å². The van der Waals surface area contributed by atoms with Gasteiger partial charge in [-0.3, -0.25) is 14.2 Å². The number of benzene rings is 2. The lowest BCUT2D eigenvalue weighted by atomic mass is 10.2. The Morgan fingerprint density at radius 3 is 1.97 bits per heavy atom. The number of hydrogen-bond donors (Lipinski definition) is 0. The third kappa shape index (κ3) is 2.40. The van der Waals surface area contributed by atoms with E-state index in [1.54, 1.807) is 61.5 Å². The topological polar surface area (TPSA) is 92.0 Å². The molecule has 0 N–H and O–H groups in total. The first-order valence-electron chi connectivity index (χ1n) is 9.28. The summed E-state index contributed by atoms with van der Waals surface area (Å²) >= 11 is 0. The van der Waals surface area contributed by atoms with Crippen molar-refractivity contribution in [2.24, 2.45) is 7.05 Å². The van der Waals surface area contributed by atoms with Crippen molar-refractivity contribution in [1.82, 2.24) is 18.7 Å². The summed E-state index contributed by atoms with van der Waals surface area (Å²) in [6.07, 6.45) is 0. The molecular formula is C22H16N4O4. The van der Waals surface area contributed by atoms with Crippen LogP contribution in [-0.4, -0.2) is 18.7 Å². The summed E-state index contributed by atoms with van der Waals surface area (Å²) in [4.78, 5) is 44.2. The molecule has 0 radical (unpaired) electrons. The highest BCUT2D eigenvalue weighted by molar-refractivity contribution is 5.99. The maximum Gasteiger partial charge on any atom is 0.341 e. The molecule has 0 aliphatic carbocycles. The lowest BCUT2D eigenvalue weighted by Crippen LogP contribution is -2.40. The molecular weight excluding hydrogens is 384 g/mol. The van der Waals surface area contributed by atoms with E-state index in [2.05, 4.69) is 4.98 Å².